The fraction of sp³-hybridized carbons (Fsp3) is 0.294. The van der Waals surface area contributed by atoms with Crippen LogP contribution in [0.4, 0.5) is 4.39 Å². The van der Waals surface area contributed by atoms with Gasteiger partial charge in [0.15, 0.2) is 0 Å². The Bertz CT molecular complexity index is 572. The third kappa shape index (κ3) is 5.03. The van der Waals surface area contributed by atoms with Crippen LogP contribution in [-0.2, 0) is 13.0 Å². The van der Waals surface area contributed by atoms with Gasteiger partial charge in [0.1, 0.15) is 18.2 Å². The molecule has 0 aliphatic heterocycles. The summed E-state index contributed by atoms with van der Waals surface area (Å²) in [6.07, 6.45) is 1.02. The van der Waals surface area contributed by atoms with Gasteiger partial charge in [0, 0.05) is 6.07 Å². The lowest BCUT2D eigenvalue weighted by atomic mass is 10.1. The molecular weight excluding hydrogens is 289 g/mol. The van der Waals surface area contributed by atoms with Crippen molar-refractivity contribution in [2.75, 3.05) is 13.1 Å². The highest BCUT2D eigenvalue weighted by Crippen LogP contribution is 2.22. The first-order chi connectivity index (χ1) is 10.2. The monoisotopic (exact) mass is 307 g/mol. The number of hydrogen-bond donors (Lipinski definition) is 1. The van der Waals surface area contributed by atoms with Crippen LogP contribution in [0.3, 0.4) is 0 Å². The van der Waals surface area contributed by atoms with Crippen LogP contribution in [0.2, 0.25) is 5.02 Å². The van der Waals surface area contributed by atoms with Gasteiger partial charge in [-0.1, -0.05) is 42.8 Å². The third-order valence-corrected chi connectivity index (χ3v) is 3.45. The van der Waals surface area contributed by atoms with E-state index in [2.05, 4.69) is 24.4 Å². The molecule has 0 aromatic heterocycles. The van der Waals surface area contributed by atoms with Gasteiger partial charge in [-0.05, 0) is 42.8 Å². The van der Waals surface area contributed by atoms with E-state index in [4.69, 9.17) is 16.3 Å². The lowest BCUT2D eigenvalue weighted by Gasteiger charge is -2.08. The molecule has 1 N–H and O–H groups in total. The molecule has 0 spiro atoms. The first-order valence-corrected chi connectivity index (χ1v) is 7.43. The zero-order chi connectivity index (χ0) is 15.1. The molecule has 21 heavy (non-hydrogen) atoms. The van der Waals surface area contributed by atoms with Gasteiger partial charge in [0.2, 0.25) is 0 Å². The van der Waals surface area contributed by atoms with Crippen LogP contribution in [0.25, 0.3) is 0 Å². The van der Waals surface area contributed by atoms with E-state index in [1.807, 2.05) is 12.1 Å². The first-order valence-electron chi connectivity index (χ1n) is 7.05. The van der Waals surface area contributed by atoms with Gasteiger partial charge in [-0.3, -0.25) is 0 Å². The number of likely N-dealkylation sites (N-methyl/N-ethyl adjacent to an activating group) is 1. The van der Waals surface area contributed by atoms with Gasteiger partial charge < -0.3 is 10.1 Å². The lowest BCUT2D eigenvalue weighted by Crippen LogP contribution is -2.15. The number of ether oxygens (including phenoxy) is 1. The highest BCUT2D eigenvalue weighted by Gasteiger charge is 2.02. The summed E-state index contributed by atoms with van der Waals surface area (Å²) in [6, 6.07) is 12.7. The second-order valence-corrected chi connectivity index (χ2v) is 5.19. The van der Waals surface area contributed by atoms with E-state index >= 15 is 0 Å². The molecule has 2 aromatic rings. The molecule has 0 radical (unpaired) electrons. The highest BCUT2D eigenvalue weighted by molar-refractivity contribution is 6.30. The zero-order valence-corrected chi connectivity index (χ0v) is 12.8. The lowest BCUT2D eigenvalue weighted by molar-refractivity contribution is 0.306. The van der Waals surface area contributed by atoms with Gasteiger partial charge in [-0.15, -0.1) is 0 Å². The number of hydrogen-bond acceptors (Lipinski definition) is 2. The summed E-state index contributed by atoms with van der Waals surface area (Å²) < 4.78 is 18.6. The van der Waals surface area contributed by atoms with Crippen molar-refractivity contribution < 1.29 is 9.13 Å². The number of benzene rings is 2. The molecule has 0 aliphatic carbocycles. The smallest absolute Gasteiger partial charge is 0.142 e. The molecule has 0 saturated heterocycles. The Hall–Kier alpha value is -1.58. The summed E-state index contributed by atoms with van der Waals surface area (Å²) in [7, 11) is 0. The highest BCUT2D eigenvalue weighted by atomic mass is 35.5. The zero-order valence-electron chi connectivity index (χ0n) is 12.0. The van der Waals surface area contributed by atoms with E-state index < -0.39 is 5.82 Å². The molecule has 2 rings (SSSR count). The first kappa shape index (κ1) is 15.8. The van der Waals surface area contributed by atoms with E-state index in [0.29, 0.717) is 12.4 Å². The Morgan fingerprint density at radius 3 is 2.48 bits per heavy atom. The quantitative estimate of drug-likeness (QED) is 0.774. The topological polar surface area (TPSA) is 21.3 Å². The molecule has 2 aromatic carbocycles. The maximum Gasteiger partial charge on any atom is 0.142 e. The van der Waals surface area contributed by atoms with E-state index in [9.17, 15) is 4.39 Å². The van der Waals surface area contributed by atoms with E-state index in [0.717, 1.165) is 25.1 Å². The molecule has 4 heteroatoms. The predicted octanol–water partition coefficient (Wildman–Crippen LogP) is 4.21. The van der Waals surface area contributed by atoms with E-state index in [1.54, 1.807) is 6.07 Å². The van der Waals surface area contributed by atoms with Crippen LogP contribution >= 0.6 is 11.6 Å². The van der Waals surface area contributed by atoms with Crippen molar-refractivity contribution >= 4 is 11.6 Å². The maximum atomic E-state index is 13.0. The van der Waals surface area contributed by atoms with E-state index in [1.165, 1.54) is 17.7 Å². The van der Waals surface area contributed by atoms with Gasteiger partial charge in [-0.2, -0.15) is 0 Å². The second-order valence-electron chi connectivity index (χ2n) is 4.78. The summed E-state index contributed by atoms with van der Waals surface area (Å²) in [5.41, 5.74) is 2.37. The maximum absolute atomic E-state index is 13.0. The minimum atomic E-state index is -0.436. The van der Waals surface area contributed by atoms with E-state index in [-0.39, 0.29) is 5.02 Å². The summed E-state index contributed by atoms with van der Waals surface area (Å²) in [4.78, 5) is 0. The average molecular weight is 308 g/mol. The van der Waals surface area contributed by atoms with Crippen LogP contribution in [0.15, 0.2) is 42.5 Å². The Morgan fingerprint density at radius 2 is 1.81 bits per heavy atom. The summed E-state index contributed by atoms with van der Waals surface area (Å²) in [5.74, 6) is 0.131. The third-order valence-electron chi connectivity index (χ3n) is 3.16. The number of nitrogens with one attached hydrogen (secondary N) is 1. The Balaban J connectivity index is 1.86. The fourth-order valence-electron chi connectivity index (χ4n) is 1.94. The molecule has 0 bridgehead atoms. The van der Waals surface area contributed by atoms with Crippen LogP contribution in [0, 0.1) is 5.82 Å². The van der Waals surface area contributed by atoms with Crippen molar-refractivity contribution in [3.8, 4) is 5.75 Å². The van der Waals surface area contributed by atoms with Crippen molar-refractivity contribution in [2.24, 2.45) is 0 Å². The SMILES string of the molecule is CCNCCc1ccc(COc2ccc(F)c(Cl)c2)cc1. The molecule has 0 aliphatic rings. The van der Waals surface area contributed by atoms with Crippen molar-refractivity contribution in [1.82, 2.24) is 5.32 Å². The van der Waals surface area contributed by atoms with Crippen molar-refractivity contribution in [3.05, 3.63) is 64.4 Å². The number of halogens is 2. The molecule has 2 nitrogen and oxygen atoms in total. The van der Waals surface area contributed by atoms with Gasteiger partial charge in [0.25, 0.3) is 0 Å². The largest absolute Gasteiger partial charge is 0.489 e. The molecule has 0 amide bonds. The average Bonchev–Trinajstić information content (AvgIpc) is 2.50. The summed E-state index contributed by atoms with van der Waals surface area (Å²) >= 11 is 5.72. The minimum absolute atomic E-state index is 0.0753. The molecule has 0 saturated carbocycles. The Kier molecular flexibility index (Phi) is 6.03. The van der Waals surface area contributed by atoms with Crippen LogP contribution in [0.1, 0.15) is 18.1 Å². The summed E-state index contributed by atoms with van der Waals surface area (Å²) in [5, 5.41) is 3.38. The Labute approximate surface area is 129 Å². The van der Waals surface area contributed by atoms with Gasteiger partial charge in [-0.25, -0.2) is 4.39 Å². The minimum Gasteiger partial charge on any atom is -0.489 e. The normalized spacial score (nSPS) is 10.6. The van der Waals surface area contributed by atoms with Crippen LogP contribution in [-0.4, -0.2) is 13.1 Å². The predicted molar refractivity (Wildman–Crippen MR) is 84.4 cm³/mol. The van der Waals surface area contributed by atoms with Crippen molar-refractivity contribution in [3.63, 3.8) is 0 Å². The van der Waals surface area contributed by atoms with Gasteiger partial charge in [0.05, 0.1) is 5.02 Å². The summed E-state index contributed by atoms with van der Waals surface area (Å²) in [6.45, 7) is 4.52. The molecule has 0 unspecified atom stereocenters. The fourth-order valence-corrected chi connectivity index (χ4v) is 2.12. The molecule has 112 valence electrons. The van der Waals surface area contributed by atoms with Gasteiger partial charge >= 0.3 is 0 Å². The standard InChI is InChI=1S/C17H19ClFNO/c1-2-20-10-9-13-3-5-14(6-4-13)12-21-15-7-8-17(19)16(18)11-15/h3-8,11,20H,2,9-10,12H2,1H3. The number of rotatable bonds is 7. The molecular formula is C17H19ClFNO. The molecule has 0 heterocycles. The van der Waals surface area contributed by atoms with Crippen molar-refractivity contribution in [1.29, 1.82) is 0 Å². The Morgan fingerprint density at radius 1 is 1.10 bits per heavy atom. The van der Waals surface area contributed by atoms with Crippen LogP contribution < -0.4 is 10.1 Å². The second kappa shape index (κ2) is 8.01. The molecule has 0 atom stereocenters. The van der Waals surface area contributed by atoms with Crippen molar-refractivity contribution in [2.45, 2.75) is 20.0 Å². The molecule has 0 fully saturated rings. The van der Waals surface area contributed by atoms with Crippen LogP contribution in [0.5, 0.6) is 5.75 Å².